The van der Waals surface area contributed by atoms with Gasteiger partial charge in [0.25, 0.3) is 5.91 Å². The van der Waals surface area contributed by atoms with E-state index >= 15 is 0 Å². The van der Waals surface area contributed by atoms with Crippen LogP contribution in [0.5, 0.6) is 17.2 Å². The SMILES string of the molecule is COc1ccc(CC(=O)OCC(=O)Nc2cc3c(cc2C(C)=O)OCO3)cc1. The van der Waals surface area contributed by atoms with Crippen LogP contribution in [0.1, 0.15) is 22.8 Å². The van der Waals surface area contributed by atoms with Gasteiger partial charge in [0.05, 0.1) is 19.2 Å². The summed E-state index contributed by atoms with van der Waals surface area (Å²) in [6, 6.07) is 9.97. The highest BCUT2D eigenvalue weighted by atomic mass is 16.7. The zero-order valence-electron chi connectivity index (χ0n) is 15.4. The maximum absolute atomic E-state index is 12.1. The predicted molar refractivity (Wildman–Crippen MR) is 98.9 cm³/mol. The van der Waals surface area contributed by atoms with Crippen LogP contribution in [0.4, 0.5) is 5.69 Å². The molecule has 1 N–H and O–H groups in total. The van der Waals surface area contributed by atoms with Crippen molar-refractivity contribution in [2.24, 2.45) is 0 Å². The number of carbonyl (C=O) groups excluding carboxylic acids is 3. The van der Waals surface area contributed by atoms with Crippen molar-refractivity contribution >= 4 is 23.3 Å². The van der Waals surface area contributed by atoms with Gasteiger partial charge in [0.2, 0.25) is 6.79 Å². The number of anilines is 1. The van der Waals surface area contributed by atoms with Crippen molar-refractivity contribution < 1.29 is 33.3 Å². The molecule has 0 saturated heterocycles. The third-order valence-corrected chi connectivity index (χ3v) is 4.04. The summed E-state index contributed by atoms with van der Waals surface area (Å²) in [5.41, 5.74) is 1.29. The quantitative estimate of drug-likeness (QED) is 0.577. The Bertz CT molecular complexity index is 906. The molecule has 0 fully saturated rings. The van der Waals surface area contributed by atoms with Gasteiger partial charge < -0.3 is 24.3 Å². The van der Waals surface area contributed by atoms with E-state index in [1.807, 2.05) is 0 Å². The van der Waals surface area contributed by atoms with Crippen LogP contribution in [0.15, 0.2) is 36.4 Å². The third kappa shape index (κ3) is 4.59. The summed E-state index contributed by atoms with van der Waals surface area (Å²) in [7, 11) is 1.56. The number of esters is 1. The van der Waals surface area contributed by atoms with Gasteiger partial charge in [-0.25, -0.2) is 0 Å². The van der Waals surface area contributed by atoms with Crippen molar-refractivity contribution in [2.75, 3.05) is 25.8 Å². The average Bonchev–Trinajstić information content (AvgIpc) is 3.13. The molecule has 1 amide bonds. The van der Waals surface area contributed by atoms with E-state index in [1.54, 1.807) is 31.4 Å². The summed E-state index contributed by atoms with van der Waals surface area (Å²) in [6.45, 7) is 0.954. The van der Waals surface area contributed by atoms with E-state index in [9.17, 15) is 14.4 Å². The summed E-state index contributed by atoms with van der Waals surface area (Å²) >= 11 is 0. The van der Waals surface area contributed by atoms with Crippen molar-refractivity contribution in [3.8, 4) is 17.2 Å². The van der Waals surface area contributed by atoms with Crippen LogP contribution in [-0.4, -0.2) is 38.2 Å². The van der Waals surface area contributed by atoms with E-state index < -0.39 is 18.5 Å². The Hall–Kier alpha value is -3.55. The van der Waals surface area contributed by atoms with Gasteiger partial charge in [0, 0.05) is 11.6 Å². The number of amides is 1. The fourth-order valence-corrected chi connectivity index (χ4v) is 2.63. The first kappa shape index (κ1) is 19.2. The molecule has 146 valence electrons. The predicted octanol–water partition coefficient (Wildman–Crippen LogP) is 2.35. The number of Topliss-reactive ketones (excluding diaryl/α,β-unsaturated/α-hetero) is 1. The van der Waals surface area contributed by atoms with Crippen LogP contribution in [0.25, 0.3) is 0 Å². The largest absolute Gasteiger partial charge is 0.497 e. The number of methoxy groups -OCH3 is 1. The molecule has 1 aliphatic rings. The molecular weight excluding hydrogens is 366 g/mol. The zero-order valence-corrected chi connectivity index (χ0v) is 15.4. The van der Waals surface area contributed by atoms with Crippen molar-refractivity contribution in [3.05, 3.63) is 47.5 Å². The highest BCUT2D eigenvalue weighted by Crippen LogP contribution is 2.37. The topological polar surface area (TPSA) is 100 Å². The third-order valence-electron chi connectivity index (χ3n) is 4.04. The first-order valence-corrected chi connectivity index (χ1v) is 8.49. The van der Waals surface area contributed by atoms with E-state index in [1.165, 1.54) is 19.1 Å². The summed E-state index contributed by atoms with van der Waals surface area (Å²) in [5, 5.41) is 2.57. The second kappa shape index (κ2) is 8.43. The highest BCUT2D eigenvalue weighted by Gasteiger charge is 2.20. The molecule has 0 bridgehead atoms. The van der Waals surface area contributed by atoms with Crippen LogP contribution < -0.4 is 19.5 Å². The van der Waals surface area contributed by atoms with Crippen molar-refractivity contribution in [1.29, 1.82) is 0 Å². The van der Waals surface area contributed by atoms with Crippen LogP contribution in [0.3, 0.4) is 0 Å². The Morgan fingerprint density at radius 2 is 1.75 bits per heavy atom. The van der Waals surface area contributed by atoms with Crippen LogP contribution >= 0.6 is 0 Å². The number of hydrogen-bond donors (Lipinski definition) is 1. The monoisotopic (exact) mass is 385 g/mol. The van der Waals surface area contributed by atoms with Gasteiger partial charge in [-0.1, -0.05) is 12.1 Å². The summed E-state index contributed by atoms with van der Waals surface area (Å²) in [4.78, 5) is 35.9. The standard InChI is InChI=1S/C20H19NO7/c1-12(22)15-8-17-18(28-11-27-17)9-16(15)21-19(23)10-26-20(24)7-13-3-5-14(25-2)6-4-13/h3-6,8-9H,7,10-11H2,1-2H3,(H,21,23). The van der Waals surface area contributed by atoms with Crippen LogP contribution in [0, 0.1) is 0 Å². The molecule has 0 aliphatic carbocycles. The Morgan fingerprint density at radius 1 is 1.07 bits per heavy atom. The molecule has 2 aromatic rings. The van der Waals surface area contributed by atoms with E-state index in [0.29, 0.717) is 17.2 Å². The lowest BCUT2D eigenvalue weighted by Crippen LogP contribution is -2.22. The maximum Gasteiger partial charge on any atom is 0.310 e. The Balaban J connectivity index is 1.56. The molecule has 8 nitrogen and oxygen atoms in total. The van der Waals surface area contributed by atoms with Gasteiger partial charge in [-0.05, 0) is 30.7 Å². The van der Waals surface area contributed by atoms with Gasteiger partial charge in [-0.15, -0.1) is 0 Å². The van der Waals surface area contributed by atoms with Gasteiger partial charge >= 0.3 is 5.97 Å². The van der Waals surface area contributed by atoms with Crippen molar-refractivity contribution in [1.82, 2.24) is 0 Å². The minimum atomic E-state index is -0.565. The average molecular weight is 385 g/mol. The summed E-state index contributed by atoms with van der Waals surface area (Å²) < 4.78 is 20.6. The van der Waals surface area contributed by atoms with Crippen molar-refractivity contribution in [2.45, 2.75) is 13.3 Å². The fourth-order valence-electron chi connectivity index (χ4n) is 2.63. The first-order valence-electron chi connectivity index (χ1n) is 8.49. The normalized spacial score (nSPS) is 11.6. The number of fused-ring (bicyclic) bond motifs is 1. The minimum absolute atomic E-state index is 0.0278. The lowest BCUT2D eigenvalue weighted by molar-refractivity contribution is -0.146. The van der Waals surface area contributed by atoms with Crippen molar-refractivity contribution in [3.63, 3.8) is 0 Å². The molecule has 3 rings (SSSR count). The molecule has 0 radical (unpaired) electrons. The Kier molecular flexibility index (Phi) is 5.78. The maximum atomic E-state index is 12.1. The second-order valence-corrected chi connectivity index (χ2v) is 6.04. The fraction of sp³-hybridized carbons (Fsp3) is 0.250. The molecule has 0 aromatic heterocycles. The van der Waals surface area contributed by atoms with Gasteiger partial charge in [-0.3, -0.25) is 14.4 Å². The highest BCUT2D eigenvalue weighted by molar-refractivity contribution is 6.05. The molecule has 8 heteroatoms. The molecule has 0 unspecified atom stereocenters. The smallest absolute Gasteiger partial charge is 0.310 e. The number of carbonyl (C=O) groups is 3. The molecular formula is C20H19NO7. The van der Waals surface area contributed by atoms with Gasteiger partial charge in [-0.2, -0.15) is 0 Å². The molecule has 1 aliphatic heterocycles. The number of hydrogen-bond acceptors (Lipinski definition) is 7. The van der Waals surface area contributed by atoms with Gasteiger partial charge in [0.15, 0.2) is 23.9 Å². The first-order chi connectivity index (χ1) is 13.5. The van der Waals surface area contributed by atoms with Gasteiger partial charge in [0.1, 0.15) is 5.75 Å². The number of ketones is 1. The van der Waals surface area contributed by atoms with E-state index in [0.717, 1.165) is 5.56 Å². The number of ether oxygens (including phenoxy) is 4. The minimum Gasteiger partial charge on any atom is -0.497 e. The lowest BCUT2D eigenvalue weighted by Gasteiger charge is -2.11. The van der Waals surface area contributed by atoms with Crippen LogP contribution in [0.2, 0.25) is 0 Å². The zero-order chi connectivity index (χ0) is 20.1. The van der Waals surface area contributed by atoms with E-state index in [-0.39, 0.29) is 30.2 Å². The summed E-state index contributed by atoms with van der Waals surface area (Å²) in [5.74, 6) is 0.194. The molecule has 0 saturated carbocycles. The number of rotatable bonds is 7. The lowest BCUT2D eigenvalue weighted by atomic mass is 10.1. The number of nitrogens with one attached hydrogen (secondary N) is 1. The second-order valence-electron chi connectivity index (χ2n) is 6.04. The summed E-state index contributed by atoms with van der Waals surface area (Å²) in [6.07, 6.45) is 0.0278. The van der Waals surface area contributed by atoms with Crippen LogP contribution in [-0.2, 0) is 20.7 Å². The molecule has 0 spiro atoms. The molecule has 28 heavy (non-hydrogen) atoms. The van der Waals surface area contributed by atoms with E-state index in [2.05, 4.69) is 5.32 Å². The Morgan fingerprint density at radius 3 is 2.39 bits per heavy atom. The Labute approximate surface area is 161 Å². The molecule has 1 heterocycles. The molecule has 2 aromatic carbocycles. The number of benzene rings is 2. The van der Waals surface area contributed by atoms with E-state index in [4.69, 9.17) is 18.9 Å². The molecule has 0 atom stereocenters.